The summed E-state index contributed by atoms with van der Waals surface area (Å²) in [5.41, 5.74) is 2.15. The number of nitrogens with one attached hydrogen (secondary N) is 3. The number of aryl methyl sites for hydroxylation is 1. The summed E-state index contributed by atoms with van der Waals surface area (Å²) in [6.07, 6.45) is 9.41. The molecule has 1 aliphatic heterocycles. The third-order valence-corrected chi connectivity index (χ3v) is 8.63. The van der Waals surface area contributed by atoms with Crippen molar-refractivity contribution in [2.24, 2.45) is 5.92 Å². The Morgan fingerprint density at radius 3 is 2.62 bits per heavy atom. The minimum atomic E-state index is -0.859. The average Bonchev–Trinajstić information content (AvgIpc) is 3.54. The molecule has 8 nitrogen and oxygen atoms in total. The number of hydrogen-bond donors (Lipinski definition) is 3. The third kappa shape index (κ3) is 4.86. The van der Waals surface area contributed by atoms with Gasteiger partial charge in [0, 0.05) is 65.0 Å². The lowest BCUT2D eigenvalue weighted by molar-refractivity contribution is -0.121. The number of hydrogen-bond acceptors (Lipinski definition) is 6. The highest BCUT2D eigenvalue weighted by molar-refractivity contribution is 7.98. The lowest BCUT2D eigenvalue weighted by Gasteiger charge is -2.36. The van der Waals surface area contributed by atoms with Crippen molar-refractivity contribution >= 4 is 29.3 Å². The summed E-state index contributed by atoms with van der Waals surface area (Å²) in [5, 5.41) is 3.21. The van der Waals surface area contributed by atoms with Gasteiger partial charge in [-0.05, 0) is 57.9 Å². The number of aromatic nitrogens is 3. The normalized spacial score (nSPS) is 22.7. The Labute approximate surface area is 224 Å². The van der Waals surface area contributed by atoms with Crippen molar-refractivity contribution in [3.63, 3.8) is 0 Å². The van der Waals surface area contributed by atoms with Crippen molar-refractivity contribution in [1.29, 1.82) is 0 Å². The molecule has 3 aromatic rings. The van der Waals surface area contributed by atoms with Crippen LogP contribution in [0.3, 0.4) is 0 Å². The fourth-order valence-electron chi connectivity index (χ4n) is 5.44. The quantitative estimate of drug-likeness (QED) is 0.356. The van der Waals surface area contributed by atoms with Crippen LogP contribution in [0.25, 0.3) is 0 Å². The zero-order valence-electron chi connectivity index (χ0n) is 21.4. The fraction of sp³-hybridized carbons (Fsp3) is 0.444. The number of aromatic amines is 2. The Hall–Kier alpha value is -2.91. The van der Waals surface area contributed by atoms with Crippen LogP contribution in [0.2, 0.25) is 5.02 Å². The Kier molecular flexibility index (Phi) is 7.02. The van der Waals surface area contributed by atoms with Crippen LogP contribution in [0.4, 0.5) is 0 Å². The first-order valence-corrected chi connectivity index (χ1v) is 14.1. The predicted molar refractivity (Wildman–Crippen MR) is 144 cm³/mol. The van der Waals surface area contributed by atoms with Gasteiger partial charge in [0.2, 0.25) is 0 Å². The van der Waals surface area contributed by atoms with Crippen LogP contribution in [-0.2, 0) is 6.54 Å². The van der Waals surface area contributed by atoms with Gasteiger partial charge in [-0.25, -0.2) is 4.98 Å². The van der Waals surface area contributed by atoms with E-state index in [9.17, 15) is 9.59 Å². The number of ether oxygens (including phenoxy) is 2. The summed E-state index contributed by atoms with van der Waals surface area (Å²) in [6.45, 7) is 5.72. The van der Waals surface area contributed by atoms with Gasteiger partial charge in [0.1, 0.15) is 5.82 Å². The van der Waals surface area contributed by atoms with E-state index in [2.05, 4.69) is 20.3 Å². The second-order valence-electron chi connectivity index (χ2n) is 9.94. The van der Waals surface area contributed by atoms with Crippen LogP contribution >= 0.6 is 23.4 Å². The summed E-state index contributed by atoms with van der Waals surface area (Å²) in [6, 6.07) is 3.52. The second-order valence-corrected chi connectivity index (χ2v) is 11.2. The van der Waals surface area contributed by atoms with Crippen molar-refractivity contribution < 1.29 is 14.3 Å². The molecular weight excluding hydrogens is 512 g/mol. The number of carbonyl (C=O) groups excluding carboxylic acids is 1. The number of imidazole rings is 1. The van der Waals surface area contributed by atoms with Gasteiger partial charge in [0.05, 0.1) is 5.02 Å². The highest BCUT2D eigenvalue weighted by Gasteiger charge is 2.47. The predicted octanol–water partition coefficient (Wildman–Crippen LogP) is 5.48. The van der Waals surface area contributed by atoms with E-state index in [1.54, 1.807) is 12.3 Å². The first kappa shape index (κ1) is 25.7. The Balaban J connectivity index is 1.31. The molecule has 37 heavy (non-hydrogen) atoms. The number of amides is 1. The largest absolute Gasteiger partial charge is 0.448 e. The lowest BCUT2D eigenvalue weighted by Crippen LogP contribution is -2.44. The molecule has 0 saturated heterocycles. The zero-order chi connectivity index (χ0) is 26.3. The first-order valence-electron chi connectivity index (χ1n) is 12.5. The topological polar surface area (TPSA) is 109 Å². The zero-order valence-corrected chi connectivity index (χ0v) is 22.9. The smallest absolute Gasteiger partial charge is 0.254 e. The minimum absolute atomic E-state index is 0.104. The molecule has 0 bridgehead atoms. The van der Waals surface area contributed by atoms with E-state index in [0.29, 0.717) is 39.1 Å². The van der Waals surface area contributed by atoms with Crippen LogP contribution < -0.4 is 20.3 Å². The van der Waals surface area contributed by atoms with E-state index in [1.807, 2.05) is 39.3 Å². The van der Waals surface area contributed by atoms with Crippen LogP contribution in [0, 0.1) is 19.8 Å². The van der Waals surface area contributed by atoms with E-state index >= 15 is 0 Å². The molecule has 3 N–H and O–H groups in total. The molecule has 10 heteroatoms. The molecule has 5 rings (SSSR count). The highest BCUT2D eigenvalue weighted by Crippen LogP contribution is 2.52. The molecule has 1 amide bonds. The maximum Gasteiger partial charge on any atom is 0.254 e. The van der Waals surface area contributed by atoms with Crippen molar-refractivity contribution in [3.05, 3.63) is 68.1 Å². The van der Waals surface area contributed by atoms with Crippen LogP contribution in [0.15, 0.2) is 34.2 Å². The maximum absolute atomic E-state index is 13.2. The molecule has 0 radical (unpaired) electrons. The number of thioether (sulfide) groups is 1. The molecule has 1 saturated carbocycles. The monoisotopic (exact) mass is 542 g/mol. The number of fused-ring (bicyclic) bond motifs is 1. The van der Waals surface area contributed by atoms with Gasteiger partial charge in [-0.1, -0.05) is 11.6 Å². The van der Waals surface area contributed by atoms with Gasteiger partial charge in [-0.2, -0.15) is 0 Å². The van der Waals surface area contributed by atoms with Crippen LogP contribution in [0.5, 0.6) is 11.5 Å². The number of rotatable bonds is 6. The molecule has 3 heterocycles. The maximum atomic E-state index is 13.2. The Bertz CT molecular complexity index is 1380. The Morgan fingerprint density at radius 2 is 1.95 bits per heavy atom. The first-order chi connectivity index (χ1) is 17.7. The summed E-state index contributed by atoms with van der Waals surface area (Å²) in [4.78, 5) is 36.9. The number of H-pyrrole nitrogens is 2. The van der Waals surface area contributed by atoms with E-state index in [0.717, 1.165) is 42.1 Å². The molecule has 2 aromatic heterocycles. The summed E-state index contributed by atoms with van der Waals surface area (Å²) >= 11 is 8.07. The minimum Gasteiger partial charge on any atom is -0.448 e. The molecule has 196 valence electrons. The SMILES string of the molecule is CSc1cc(C)[nH]c(=O)c1CNC(=O)c1cc(Cl)c2c(c1C)OC(C)(C1CCC(c3ncc[nH]3)CC1)O2. The lowest BCUT2D eigenvalue weighted by atomic mass is 9.78. The van der Waals surface area contributed by atoms with Gasteiger partial charge < -0.3 is 24.8 Å². The average molecular weight is 543 g/mol. The van der Waals surface area contributed by atoms with E-state index in [4.69, 9.17) is 21.1 Å². The summed E-state index contributed by atoms with van der Waals surface area (Å²) in [5.74, 6) is 1.42. The van der Waals surface area contributed by atoms with Gasteiger partial charge in [-0.15, -0.1) is 11.8 Å². The number of pyridine rings is 1. The Morgan fingerprint density at radius 1 is 1.22 bits per heavy atom. The molecule has 1 aliphatic carbocycles. The van der Waals surface area contributed by atoms with Crippen molar-refractivity contribution in [2.75, 3.05) is 6.26 Å². The highest BCUT2D eigenvalue weighted by atomic mass is 35.5. The second kappa shape index (κ2) is 10.1. The molecule has 1 unspecified atom stereocenters. The molecular formula is C27H31ClN4O4S. The fourth-order valence-corrected chi connectivity index (χ4v) is 6.38. The van der Waals surface area contributed by atoms with Crippen molar-refractivity contribution in [3.8, 4) is 11.5 Å². The number of nitrogens with zero attached hydrogens (tertiary/aromatic N) is 1. The van der Waals surface area contributed by atoms with Crippen molar-refractivity contribution in [2.45, 2.75) is 69.6 Å². The standard InChI is InChI=1S/C27H31ClN4O4S/c1-14-11-21(37-4)19(26(34)32-14)13-31-25(33)18-12-20(28)23-22(15(18)2)35-27(3,36-23)17-7-5-16(6-8-17)24-29-9-10-30-24/h9-12,16-17H,5-8,13H2,1-4H3,(H,29,30)(H,31,33)(H,32,34). The van der Waals surface area contributed by atoms with Crippen LogP contribution in [0.1, 0.15) is 71.5 Å². The molecule has 0 spiro atoms. The summed E-state index contributed by atoms with van der Waals surface area (Å²) in [7, 11) is 0. The van der Waals surface area contributed by atoms with Gasteiger partial charge in [0.25, 0.3) is 17.3 Å². The number of benzene rings is 1. The van der Waals surface area contributed by atoms with E-state index in [-0.39, 0.29) is 23.9 Å². The molecule has 1 aromatic carbocycles. The van der Waals surface area contributed by atoms with Crippen LogP contribution in [-0.4, -0.2) is 32.9 Å². The number of carbonyl (C=O) groups is 1. The van der Waals surface area contributed by atoms with Crippen molar-refractivity contribution in [1.82, 2.24) is 20.3 Å². The van der Waals surface area contributed by atoms with E-state index in [1.165, 1.54) is 11.8 Å². The molecule has 2 aliphatic rings. The number of halogens is 1. The molecule has 1 fully saturated rings. The van der Waals surface area contributed by atoms with Gasteiger partial charge in [-0.3, -0.25) is 9.59 Å². The summed E-state index contributed by atoms with van der Waals surface area (Å²) < 4.78 is 12.8. The van der Waals surface area contributed by atoms with Gasteiger partial charge in [0.15, 0.2) is 11.5 Å². The van der Waals surface area contributed by atoms with E-state index < -0.39 is 5.79 Å². The molecule has 1 atom stereocenters. The third-order valence-electron chi connectivity index (χ3n) is 7.54. The van der Waals surface area contributed by atoms with Gasteiger partial charge >= 0.3 is 0 Å².